The Bertz CT molecular complexity index is 1090. The Labute approximate surface area is 216 Å². The highest BCUT2D eigenvalue weighted by atomic mass is 79.9. The molecule has 192 valence electrons. The highest BCUT2D eigenvalue weighted by Crippen LogP contribution is 2.23. The van der Waals surface area contributed by atoms with Gasteiger partial charge in [0.15, 0.2) is 0 Å². The van der Waals surface area contributed by atoms with E-state index < -0.39 is 28.5 Å². The van der Waals surface area contributed by atoms with Crippen LogP contribution in [0.4, 0.5) is 5.69 Å². The molecule has 0 aliphatic heterocycles. The average molecular weight is 569 g/mol. The fourth-order valence-corrected chi connectivity index (χ4v) is 4.44. The van der Waals surface area contributed by atoms with Gasteiger partial charge in [0.05, 0.1) is 18.6 Å². The second-order valence-electron chi connectivity index (χ2n) is 8.34. The van der Waals surface area contributed by atoms with Gasteiger partial charge in [-0.15, -0.1) is 0 Å². The van der Waals surface area contributed by atoms with Gasteiger partial charge in [-0.1, -0.05) is 35.0 Å². The van der Waals surface area contributed by atoms with Crippen LogP contribution in [0.1, 0.15) is 39.7 Å². The van der Waals surface area contributed by atoms with Crippen LogP contribution in [0.5, 0.6) is 5.75 Å². The molecule has 0 radical (unpaired) electrons. The van der Waals surface area contributed by atoms with Gasteiger partial charge >= 0.3 is 0 Å². The highest BCUT2D eigenvalue weighted by molar-refractivity contribution is 9.10. The van der Waals surface area contributed by atoms with Crippen molar-refractivity contribution in [1.29, 1.82) is 0 Å². The lowest BCUT2D eigenvalue weighted by molar-refractivity contribution is -0.139. The van der Waals surface area contributed by atoms with Crippen molar-refractivity contribution in [3.8, 4) is 5.75 Å². The van der Waals surface area contributed by atoms with Crippen LogP contribution in [-0.2, 0) is 26.2 Å². The molecular weight excluding hydrogens is 534 g/mol. The number of amides is 2. The summed E-state index contributed by atoms with van der Waals surface area (Å²) in [6.07, 6.45) is 1.80. The largest absolute Gasteiger partial charge is 0.494 e. The molecule has 35 heavy (non-hydrogen) atoms. The van der Waals surface area contributed by atoms with Crippen molar-refractivity contribution in [1.82, 2.24) is 10.2 Å². The van der Waals surface area contributed by atoms with E-state index in [2.05, 4.69) is 21.2 Å². The number of hydrogen-bond acceptors (Lipinski definition) is 5. The maximum atomic E-state index is 13.5. The average Bonchev–Trinajstić information content (AvgIpc) is 2.81. The molecule has 8 nitrogen and oxygen atoms in total. The van der Waals surface area contributed by atoms with E-state index in [9.17, 15) is 18.0 Å². The van der Waals surface area contributed by atoms with Gasteiger partial charge in [-0.05, 0) is 69.2 Å². The normalized spacial score (nSPS) is 13.0. The summed E-state index contributed by atoms with van der Waals surface area (Å²) in [7, 11) is -3.78. The van der Waals surface area contributed by atoms with Crippen LogP contribution in [0.25, 0.3) is 0 Å². The first-order valence-electron chi connectivity index (χ1n) is 11.5. The fraction of sp³-hybridized carbons (Fsp3) is 0.440. The number of halogens is 1. The Morgan fingerprint density at radius 2 is 1.63 bits per heavy atom. The SMILES string of the molecule is CCOc1ccc(N(CC(=O)N(Cc2ccc(Br)cc2)[C@H](C)C(=O)N[C@@H](C)CC)S(C)(=O)=O)cc1. The summed E-state index contributed by atoms with van der Waals surface area (Å²) in [6, 6.07) is 13.1. The summed E-state index contributed by atoms with van der Waals surface area (Å²) in [5.74, 6) is -0.181. The molecule has 0 spiro atoms. The number of ether oxygens (including phenoxy) is 1. The predicted molar refractivity (Wildman–Crippen MR) is 142 cm³/mol. The van der Waals surface area contributed by atoms with Crippen LogP contribution in [0, 0.1) is 0 Å². The van der Waals surface area contributed by atoms with E-state index in [1.54, 1.807) is 31.2 Å². The molecule has 0 saturated heterocycles. The summed E-state index contributed by atoms with van der Waals surface area (Å²) in [5, 5.41) is 2.91. The minimum Gasteiger partial charge on any atom is -0.494 e. The molecule has 1 N–H and O–H groups in total. The number of hydrogen-bond donors (Lipinski definition) is 1. The summed E-state index contributed by atoms with van der Waals surface area (Å²) in [4.78, 5) is 27.8. The van der Waals surface area contributed by atoms with E-state index in [4.69, 9.17) is 4.74 Å². The monoisotopic (exact) mass is 567 g/mol. The molecule has 2 aromatic rings. The van der Waals surface area contributed by atoms with Gasteiger partial charge in [0.1, 0.15) is 18.3 Å². The number of nitrogens with zero attached hydrogens (tertiary/aromatic N) is 2. The Morgan fingerprint density at radius 1 is 1.03 bits per heavy atom. The molecule has 0 aromatic heterocycles. The fourth-order valence-electron chi connectivity index (χ4n) is 3.32. The molecule has 0 aliphatic rings. The number of sulfonamides is 1. The highest BCUT2D eigenvalue weighted by Gasteiger charge is 2.30. The quantitative estimate of drug-likeness (QED) is 0.419. The first kappa shape index (κ1) is 28.6. The zero-order chi connectivity index (χ0) is 26.2. The number of carbonyl (C=O) groups is 2. The molecule has 2 atom stereocenters. The number of rotatable bonds is 12. The van der Waals surface area contributed by atoms with Crippen molar-refractivity contribution in [2.75, 3.05) is 23.7 Å². The van der Waals surface area contributed by atoms with E-state index >= 15 is 0 Å². The zero-order valence-electron chi connectivity index (χ0n) is 20.8. The molecule has 2 rings (SSSR count). The molecule has 0 bridgehead atoms. The Kier molecular flexibility index (Phi) is 10.6. The van der Waals surface area contributed by atoms with Crippen molar-refractivity contribution in [2.24, 2.45) is 0 Å². The van der Waals surface area contributed by atoms with Crippen molar-refractivity contribution in [3.05, 3.63) is 58.6 Å². The number of carbonyl (C=O) groups excluding carboxylic acids is 2. The second-order valence-corrected chi connectivity index (χ2v) is 11.2. The van der Waals surface area contributed by atoms with Gasteiger partial charge in [0, 0.05) is 17.1 Å². The standard InChI is InChI=1S/C25H34BrN3O5S/c1-6-18(3)27-25(31)19(4)28(16-20-8-10-21(26)11-9-20)24(30)17-29(35(5,32)33)22-12-14-23(15-13-22)34-7-2/h8-15,18-19H,6-7,16-17H2,1-5H3,(H,27,31)/t18-,19+/m0/s1. The van der Waals surface area contributed by atoms with Crippen LogP contribution in [0.3, 0.4) is 0 Å². The maximum Gasteiger partial charge on any atom is 0.244 e. The molecule has 10 heteroatoms. The van der Waals surface area contributed by atoms with Crippen molar-refractivity contribution < 1.29 is 22.7 Å². The van der Waals surface area contributed by atoms with Crippen LogP contribution in [0.2, 0.25) is 0 Å². The smallest absolute Gasteiger partial charge is 0.244 e. The second kappa shape index (κ2) is 12.9. The summed E-state index contributed by atoms with van der Waals surface area (Å²) < 4.78 is 32.6. The van der Waals surface area contributed by atoms with Gasteiger partial charge in [-0.25, -0.2) is 8.42 Å². The van der Waals surface area contributed by atoms with Crippen molar-refractivity contribution >= 4 is 43.5 Å². The topological polar surface area (TPSA) is 96.0 Å². The van der Waals surface area contributed by atoms with Crippen LogP contribution in [-0.4, -0.2) is 56.6 Å². The molecule has 2 aromatic carbocycles. The number of anilines is 1. The Morgan fingerprint density at radius 3 is 2.14 bits per heavy atom. The van der Waals surface area contributed by atoms with Crippen molar-refractivity contribution in [2.45, 2.75) is 52.7 Å². The van der Waals surface area contributed by atoms with Crippen LogP contribution >= 0.6 is 15.9 Å². The Hall–Kier alpha value is -2.59. The number of nitrogens with one attached hydrogen (secondary N) is 1. The van der Waals surface area contributed by atoms with E-state index in [1.807, 2.05) is 45.0 Å². The van der Waals surface area contributed by atoms with Crippen LogP contribution < -0.4 is 14.4 Å². The van der Waals surface area contributed by atoms with Crippen molar-refractivity contribution in [3.63, 3.8) is 0 Å². The molecule has 0 saturated carbocycles. The lowest BCUT2D eigenvalue weighted by Crippen LogP contribution is -2.52. The number of benzene rings is 2. The van der Waals surface area contributed by atoms with E-state index in [0.29, 0.717) is 18.0 Å². The van der Waals surface area contributed by atoms with Gasteiger partial charge < -0.3 is 15.0 Å². The first-order valence-corrected chi connectivity index (χ1v) is 14.1. The molecule has 0 aliphatic carbocycles. The van der Waals surface area contributed by atoms with Gasteiger partial charge in [0.2, 0.25) is 21.8 Å². The summed E-state index contributed by atoms with van der Waals surface area (Å²) in [6.45, 7) is 7.55. The Balaban J connectivity index is 2.35. The van der Waals surface area contributed by atoms with Crippen LogP contribution in [0.15, 0.2) is 53.0 Å². The lowest BCUT2D eigenvalue weighted by atomic mass is 10.1. The van der Waals surface area contributed by atoms with E-state index in [1.165, 1.54) is 4.90 Å². The molecule has 0 fully saturated rings. The van der Waals surface area contributed by atoms with Gasteiger partial charge in [-0.2, -0.15) is 0 Å². The summed E-state index contributed by atoms with van der Waals surface area (Å²) in [5.41, 5.74) is 1.15. The zero-order valence-corrected chi connectivity index (χ0v) is 23.2. The predicted octanol–water partition coefficient (Wildman–Crippen LogP) is 3.95. The first-order chi connectivity index (χ1) is 16.5. The third-order valence-corrected chi connectivity index (χ3v) is 7.22. The summed E-state index contributed by atoms with van der Waals surface area (Å²) >= 11 is 3.40. The lowest BCUT2D eigenvalue weighted by Gasteiger charge is -2.32. The maximum absolute atomic E-state index is 13.5. The third-order valence-electron chi connectivity index (χ3n) is 5.55. The molecular formula is C25H34BrN3O5S. The van der Waals surface area contributed by atoms with E-state index in [0.717, 1.165) is 27.0 Å². The molecule has 2 amide bonds. The minimum atomic E-state index is -3.78. The van der Waals surface area contributed by atoms with Gasteiger partial charge in [-0.3, -0.25) is 13.9 Å². The van der Waals surface area contributed by atoms with Gasteiger partial charge in [0.25, 0.3) is 0 Å². The third kappa shape index (κ3) is 8.54. The minimum absolute atomic E-state index is 0.0500. The molecule has 0 unspecified atom stereocenters. The molecule has 0 heterocycles. The van der Waals surface area contributed by atoms with E-state index in [-0.39, 0.29) is 18.5 Å².